The molecule has 0 spiro atoms. The smallest absolute Gasteiger partial charge is 0.286 e. The van der Waals surface area contributed by atoms with Crippen LogP contribution in [0.5, 0.6) is 0 Å². The number of amides is 1. The van der Waals surface area contributed by atoms with Crippen LogP contribution in [0, 0.1) is 5.92 Å². The summed E-state index contributed by atoms with van der Waals surface area (Å²) in [4.78, 5) is 13.2. The van der Waals surface area contributed by atoms with Crippen molar-refractivity contribution in [2.45, 2.75) is 44.9 Å². The molecular weight excluding hydrogens is 450 g/mol. The van der Waals surface area contributed by atoms with Gasteiger partial charge in [0.1, 0.15) is 0 Å². The molecule has 2 aliphatic rings. The number of allylic oxidation sites excluding steroid dienone is 1. The molecule has 0 bridgehead atoms. The van der Waals surface area contributed by atoms with Crippen LogP contribution in [0.3, 0.4) is 0 Å². The second-order valence-electron chi connectivity index (χ2n) is 9.40. The molecule has 186 valence electrons. The van der Waals surface area contributed by atoms with Crippen molar-refractivity contribution in [3.05, 3.63) is 107 Å². The summed E-state index contributed by atoms with van der Waals surface area (Å²) in [6.07, 6.45) is 3.66. The van der Waals surface area contributed by atoms with E-state index >= 15 is 0 Å². The van der Waals surface area contributed by atoms with Gasteiger partial charge in [-0.3, -0.25) is 4.79 Å². The number of benzene rings is 3. The fraction of sp³-hybridized carbons (Fsp3) is 0.323. The standard InChI is InChI=1S/C31H33NO4/c1-2-35-31-26(16-9-17-33)28(19-29(36-31)30(34)32-20-21-10-4-3-5-11-21)25-15-8-14-24-23-13-7-6-12-22(23)18-27(24)25/h3-8,10-15,19,26,28,31,33H,2,9,16-18,20H2,1H3,(H,32,34)/t26-,28+,31+/m1/s1. The predicted molar refractivity (Wildman–Crippen MR) is 140 cm³/mol. The van der Waals surface area contributed by atoms with E-state index in [1.165, 1.54) is 27.8 Å². The zero-order chi connectivity index (χ0) is 24.9. The molecule has 2 N–H and O–H groups in total. The van der Waals surface area contributed by atoms with Gasteiger partial charge in [-0.25, -0.2) is 0 Å². The Labute approximate surface area is 212 Å². The summed E-state index contributed by atoms with van der Waals surface area (Å²) < 4.78 is 12.2. The van der Waals surface area contributed by atoms with Gasteiger partial charge in [-0.2, -0.15) is 0 Å². The van der Waals surface area contributed by atoms with Gasteiger partial charge in [0, 0.05) is 31.6 Å². The normalized spacial score (nSPS) is 20.2. The molecule has 5 rings (SSSR count). The highest BCUT2D eigenvalue weighted by Crippen LogP contribution is 2.45. The van der Waals surface area contributed by atoms with E-state index in [2.05, 4.69) is 47.8 Å². The van der Waals surface area contributed by atoms with Crippen molar-refractivity contribution in [1.29, 1.82) is 0 Å². The second-order valence-corrected chi connectivity index (χ2v) is 9.40. The molecule has 1 amide bonds. The molecule has 5 heteroatoms. The minimum absolute atomic E-state index is 0.0158. The molecule has 1 aliphatic carbocycles. The number of rotatable bonds is 9. The van der Waals surface area contributed by atoms with E-state index in [9.17, 15) is 9.90 Å². The third kappa shape index (κ3) is 4.95. The summed E-state index contributed by atoms with van der Waals surface area (Å²) in [6.45, 7) is 2.94. The van der Waals surface area contributed by atoms with Crippen LogP contribution in [-0.2, 0) is 27.2 Å². The Hall–Kier alpha value is -3.41. The first-order chi connectivity index (χ1) is 17.7. The van der Waals surface area contributed by atoms with Crippen molar-refractivity contribution in [3.8, 4) is 11.1 Å². The largest absolute Gasteiger partial charge is 0.459 e. The molecule has 0 aromatic heterocycles. The molecule has 3 aromatic carbocycles. The lowest BCUT2D eigenvalue weighted by molar-refractivity contribution is -0.166. The van der Waals surface area contributed by atoms with Gasteiger partial charge in [0.15, 0.2) is 5.76 Å². The van der Waals surface area contributed by atoms with E-state index < -0.39 is 6.29 Å². The van der Waals surface area contributed by atoms with E-state index in [0.29, 0.717) is 25.3 Å². The van der Waals surface area contributed by atoms with E-state index in [0.717, 1.165) is 18.4 Å². The summed E-state index contributed by atoms with van der Waals surface area (Å²) in [7, 11) is 0. The summed E-state index contributed by atoms with van der Waals surface area (Å²) in [5.74, 6) is -0.0330. The lowest BCUT2D eigenvalue weighted by atomic mass is 9.78. The molecule has 1 aliphatic heterocycles. The monoisotopic (exact) mass is 483 g/mol. The topological polar surface area (TPSA) is 67.8 Å². The maximum Gasteiger partial charge on any atom is 0.286 e. The maximum atomic E-state index is 13.2. The molecule has 36 heavy (non-hydrogen) atoms. The van der Waals surface area contributed by atoms with Gasteiger partial charge < -0.3 is 19.9 Å². The molecule has 0 saturated carbocycles. The Balaban J connectivity index is 1.50. The zero-order valence-electron chi connectivity index (χ0n) is 20.7. The molecule has 5 nitrogen and oxygen atoms in total. The lowest BCUT2D eigenvalue weighted by Crippen LogP contribution is -2.39. The van der Waals surface area contributed by atoms with Gasteiger partial charge >= 0.3 is 0 Å². The van der Waals surface area contributed by atoms with Gasteiger partial charge in [-0.1, -0.05) is 72.8 Å². The highest BCUT2D eigenvalue weighted by molar-refractivity contribution is 5.91. The zero-order valence-corrected chi connectivity index (χ0v) is 20.7. The first-order valence-electron chi connectivity index (χ1n) is 12.8. The van der Waals surface area contributed by atoms with Crippen LogP contribution in [-0.4, -0.2) is 30.5 Å². The number of ether oxygens (including phenoxy) is 2. The van der Waals surface area contributed by atoms with E-state index in [-0.39, 0.29) is 24.3 Å². The molecule has 0 unspecified atom stereocenters. The third-order valence-corrected chi connectivity index (χ3v) is 7.18. The minimum atomic E-state index is -0.561. The Bertz CT molecular complexity index is 1240. The second kappa shape index (κ2) is 11.1. The highest BCUT2D eigenvalue weighted by atomic mass is 16.7. The predicted octanol–water partition coefficient (Wildman–Crippen LogP) is 5.32. The minimum Gasteiger partial charge on any atom is -0.459 e. The SMILES string of the molecule is CCO[C@H]1OC(C(=O)NCc2ccccc2)=C[C@@H](c2cccc3c2Cc2ccccc2-3)[C@H]1CCCO. The summed E-state index contributed by atoms with van der Waals surface area (Å²) in [5.41, 5.74) is 7.39. The molecule has 3 aromatic rings. The first-order valence-corrected chi connectivity index (χ1v) is 12.8. The van der Waals surface area contributed by atoms with Gasteiger partial charge in [-0.05, 0) is 65.6 Å². The van der Waals surface area contributed by atoms with Crippen LogP contribution in [0.2, 0.25) is 0 Å². The van der Waals surface area contributed by atoms with Crippen molar-refractivity contribution in [2.24, 2.45) is 5.92 Å². The Kier molecular flexibility index (Phi) is 7.49. The third-order valence-electron chi connectivity index (χ3n) is 7.18. The van der Waals surface area contributed by atoms with Gasteiger partial charge in [-0.15, -0.1) is 0 Å². The van der Waals surface area contributed by atoms with Crippen LogP contribution in [0.15, 0.2) is 84.6 Å². The van der Waals surface area contributed by atoms with E-state index in [1.54, 1.807) is 0 Å². The molecule has 1 heterocycles. The van der Waals surface area contributed by atoms with Crippen LogP contribution in [0.25, 0.3) is 11.1 Å². The quantitative estimate of drug-likeness (QED) is 0.338. The first kappa shape index (κ1) is 24.3. The van der Waals surface area contributed by atoms with Crippen LogP contribution < -0.4 is 5.32 Å². The van der Waals surface area contributed by atoms with Crippen LogP contribution >= 0.6 is 0 Å². The average molecular weight is 484 g/mol. The molecular formula is C31H33NO4. The number of hydrogen-bond donors (Lipinski definition) is 2. The molecule has 0 saturated heterocycles. The number of hydrogen-bond acceptors (Lipinski definition) is 4. The average Bonchev–Trinajstić information content (AvgIpc) is 3.30. The number of aliphatic hydroxyl groups is 1. The fourth-order valence-electron chi connectivity index (χ4n) is 5.48. The number of nitrogens with one attached hydrogen (secondary N) is 1. The van der Waals surface area contributed by atoms with Crippen molar-refractivity contribution < 1.29 is 19.4 Å². The van der Waals surface area contributed by atoms with E-state index in [1.807, 2.05) is 43.3 Å². The Morgan fingerprint density at radius 2 is 1.81 bits per heavy atom. The summed E-state index contributed by atoms with van der Waals surface area (Å²) >= 11 is 0. The fourth-order valence-corrected chi connectivity index (χ4v) is 5.48. The lowest BCUT2D eigenvalue weighted by Gasteiger charge is -2.37. The highest BCUT2D eigenvalue weighted by Gasteiger charge is 2.39. The molecule has 3 atom stereocenters. The van der Waals surface area contributed by atoms with Crippen LogP contribution in [0.1, 0.15) is 47.9 Å². The maximum absolute atomic E-state index is 13.2. The number of fused-ring (bicyclic) bond motifs is 3. The Morgan fingerprint density at radius 3 is 2.61 bits per heavy atom. The van der Waals surface area contributed by atoms with Gasteiger partial charge in [0.25, 0.3) is 5.91 Å². The van der Waals surface area contributed by atoms with Crippen molar-refractivity contribution >= 4 is 5.91 Å². The summed E-state index contributed by atoms with van der Waals surface area (Å²) in [6, 6.07) is 24.8. The molecule has 0 radical (unpaired) electrons. The number of carbonyl (C=O) groups is 1. The molecule has 0 fully saturated rings. The van der Waals surface area contributed by atoms with E-state index in [4.69, 9.17) is 9.47 Å². The summed E-state index contributed by atoms with van der Waals surface area (Å²) in [5, 5.41) is 12.6. The van der Waals surface area contributed by atoms with Crippen molar-refractivity contribution in [2.75, 3.05) is 13.2 Å². The van der Waals surface area contributed by atoms with Gasteiger partial charge in [0.2, 0.25) is 6.29 Å². The van der Waals surface area contributed by atoms with Crippen LogP contribution in [0.4, 0.5) is 0 Å². The number of aliphatic hydroxyl groups excluding tert-OH is 1. The Morgan fingerprint density at radius 1 is 1.03 bits per heavy atom. The number of carbonyl (C=O) groups excluding carboxylic acids is 1. The van der Waals surface area contributed by atoms with Crippen molar-refractivity contribution in [1.82, 2.24) is 5.32 Å². The van der Waals surface area contributed by atoms with Gasteiger partial charge in [0.05, 0.1) is 0 Å². The van der Waals surface area contributed by atoms with Crippen molar-refractivity contribution in [3.63, 3.8) is 0 Å².